The highest BCUT2D eigenvalue weighted by Crippen LogP contribution is 2.49. The van der Waals surface area contributed by atoms with Crippen molar-refractivity contribution in [1.82, 2.24) is 9.78 Å². The van der Waals surface area contributed by atoms with Gasteiger partial charge < -0.3 is 9.84 Å². The Morgan fingerprint density at radius 2 is 1.50 bits per heavy atom. The zero-order valence-corrected chi connectivity index (χ0v) is 18.7. The van der Waals surface area contributed by atoms with Gasteiger partial charge in [-0.3, -0.25) is 0 Å². The number of nitriles is 1. The molecule has 1 N–H and O–H groups in total. The summed E-state index contributed by atoms with van der Waals surface area (Å²) < 4.78 is 7.48. The standard InChI is InChI=1S/C28H23N3O3/c1-20(18-29)28(22-12-6-3-7-13-22,23-14-8-4-9-15-23)26-21(2)30-31(24-16-10-5-11-17-24)27(26)34-19-25(32)33/h3-17H,1,19H2,2H3,(H,32,33). The summed E-state index contributed by atoms with van der Waals surface area (Å²) >= 11 is 0. The number of aliphatic carboxylic acids is 1. The molecule has 0 bridgehead atoms. The third kappa shape index (κ3) is 3.84. The van der Waals surface area contributed by atoms with Crippen LogP contribution in [0.4, 0.5) is 0 Å². The molecule has 3 aromatic carbocycles. The van der Waals surface area contributed by atoms with Crippen LogP contribution >= 0.6 is 0 Å². The van der Waals surface area contributed by atoms with E-state index in [4.69, 9.17) is 9.84 Å². The van der Waals surface area contributed by atoms with Crippen LogP contribution in [0.1, 0.15) is 22.4 Å². The number of hydrogen-bond acceptors (Lipinski definition) is 4. The number of rotatable bonds is 8. The van der Waals surface area contributed by atoms with Gasteiger partial charge in [0.1, 0.15) is 0 Å². The van der Waals surface area contributed by atoms with Crippen molar-refractivity contribution in [3.05, 3.63) is 126 Å². The van der Waals surface area contributed by atoms with Crippen molar-refractivity contribution >= 4 is 5.97 Å². The zero-order chi connectivity index (χ0) is 24.1. The van der Waals surface area contributed by atoms with Gasteiger partial charge in [0, 0.05) is 5.57 Å². The van der Waals surface area contributed by atoms with Crippen molar-refractivity contribution < 1.29 is 14.6 Å². The second-order valence-electron chi connectivity index (χ2n) is 7.77. The fourth-order valence-electron chi connectivity index (χ4n) is 4.36. The second-order valence-corrected chi connectivity index (χ2v) is 7.77. The predicted molar refractivity (Wildman–Crippen MR) is 129 cm³/mol. The third-order valence-corrected chi connectivity index (χ3v) is 5.73. The van der Waals surface area contributed by atoms with Crippen LogP contribution in [0.15, 0.2) is 103 Å². The number of aryl methyl sites for hydroxylation is 1. The lowest BCUT2D eigenvalue weighted by Crippen LogP contribution is -2.32. The Hall–Kier alpha value is -4.63. The molecule has 1 heterocycles. The van der Waals surface area contributed by atoms with Gasteiger partial charge >= 0.3 is 5.97 Å². The molecule has 168 valence electrons. The molecule has 0 aliphatic rings. The Bertz CT molecular complexity index is 1320. The SMILES string of the molecule is C=C(C#N)C(c1ccccc1)(c1ccccc1)c1c(C)nn(-c2ccccc2)c1OCC(=O)O. The normalized spacial score (nSPS) is 10.9. The molecule has 0 saturated carbocycles. The van der Waals surface area contributed by atoms with Crippen molar-refractivity contribution in [1.29, 1.82) is 5.26 Å². The minimum Gasteiger partial charge on any atom is -0.479 e. The Balaban J connectivity index is 2.14. The van der Waals surface area contributed by atoms with Gasteiger partial charge in [0.25, 0.3) is 0 Å². The second kappa shape index (κ2) is 9.47. The summed E-state index contributed by atoms with van der Waals surface area (Å²) in [6, 6.07) is 30.7. The van der Waals surface area contributed by atoms with E-state index >= 15 is 0 Å². The van der Waals surface area contributed by atoms with Gasteiger partial charge in [0.05, 0.1) is 28.4 Å². The molecule has 34 heavy (non-hydrogen) atoms. The molecule has 4 aromatic rings. The molecule has 0 radical (unpaired) electrons. The minimum absolute atomic E-state index is 0.246. The van der Waals surface area contributed by atoms with Crippen LogP contribution in [0, 0.1) is 18.3 Å². The maximum atomic E-state index is 11.5. The van der Waals surface area contributed by atoms with Crippen LogP contribution in [-0.2, 0) is 10.2 Å². The summed E-state index contributed by atoms with van der Waals surface area (Å²) in [5.74, 6) is -0.872. The maximum absolute atomic E-state index is 11.5. The number of allylic oxidation sites excluding steroid dienone is 1. The first kappa shape index (κ1) is 22.6. The van der Waals surface area contributed by atoms with Gasteiger partial charge in [0.15, 0.2) is 6.61 Å². The van der Waals surface area contributed by atoms with Crippen LogP contribution < -0.4 is 4.74 Å². The van der Waals surface area contributed by atoms with Crippen molar-refractivity contribution in [2.45, 2.75) is 12.3 Å². The van der Waals surface area contributed by atoms with E-state index in [-0.39, 0.29) is 11.5 Å². The molecular formula is C28H23N3O3. The Labute approximate surface area is 198 Å². The topological polar surface area (TPSA) is 88.1 Å². The number of ether oxygens (including phenoxy) is 1. The van der Waals surface area contributed by atoms with E-state index in [2.05, 4.69) is 12.6 Å². The Morgan fingerprint density at radius 1 is 1.00 bits per heavy atom. The largest absolute Gasteiger partial charge is 0.479 e. The van der Waals surface area contributed by atoms with Crippen molar-refractivity contribution in [2.75, 3.05) is 6.61 Å². The lowest BCUT2D eigenvalue weighted by Gasteiger charge is -2.35. The number of nitrogens with zero attached hydrogens (tertiary/aromatic N) is 3. The summed E-state index contributed by atoms with van der Waals surface area (Å²) in [5, 5.41) is 24.3. The molecule has 6 heteroatoms. The summed E-state index contributed by atoms with van der Waals surface area (Å²) in [7, 11) is 0. The third-order valence-electron chi connectivity index (χ3n) is 5.73. The summed E-state index contributed by atoms with van der Waals surface area (Å²) in [4.78, 5) is 11.5. The average molecular weight is 450 g/mol. The molecular weight excluding hydrogens is 426 g/mol. The molecule has 0 aliphatic carbocycles. The fraction of sp³-hybridized carbons (Fsp3) is 0.107. The number of carboxylic acids is 1. The van der Waals surface area contributed by atoms with Gasteiger partial charge in [-0.25, -0.2) is 9.48 Å². The zero-order valence-electron chi connectivity index (χ0n) is 18.7. The minimum atomic E-state index is -1.15. The molecule has 0 atom stereocenters. The molecule has 0 amide bonds. The molecule has 1 aromatic heterocycles. The van der Waals surface area contributed by atoms with Crippen molar-refractivity contribution in [3.8, 4) is 17.6 Å². The van der Waals surface area contributed by atoms with Crippen molar-refractivity contribution in [3.63, 3.8) is 0 Å². The van der Waals surface area contributed by atoms with E-state index in [1.807, 2.05) is 97.9 Å². The van der Waals surface area contributed by atoms with E-state index in [1.54, 1.807) is 4.68 Å². The quantitative estimate of drug-likeness (QED) is 0.380. The fourth-order valence-corrected chi connectivity index (χ4v) is 4.36. The molecule has 0 aliphatic heterocycles. The monoisotopic (exact) mass is 449 g/mol. The number of benzene rings is 3. The average Bonchev–Trinajstić information content (AvgIpc) is 3.21. The highest BCUT2D eigenvalue weighted by atomic mass is 16.5. The lowest BCUT2D eigenvalue weighted by atomic mass is 9.65. The summed E-state index contributed by atoms with van der Waals surface area (Å²) in [5.41, 5.74) is 2.57. The number of para-hydroxylation sites is 1. The molecule has 0 unspecified atom stereocenters. The first-order chi connectivity index (χ1) is 16.5. The van der Waals surface area contributed by atoms with E-state index in [0.717, 1.165) is 11.1 Å². The highest BCUT2D eigenvalue weighted by molar-refractivity contribution is 5.69. The number of hydrogen-bond donors (Lipinski definition) is 1. The molecule has 0 saturated heterocycles. The number of carboxylic acid groups (broad SMARTS) is 1. The van der Waals surface area contributed by atoms with Crippen LogP contribution in [0.3, 0.4) is 0 Å². The number of aromatic nitrogens is 2. The van der Waals surface area contributed by atoms with Gasteiger partial charge in [-0.1, -0.05) is 85.4 Å². The lowest BCUT2D eigenvalue weighted by molar-refractivity contribution is -0.139. The maximum Gasteiger partial charge on any atom is 0.341 e. The van der Waals surface area contributed by atoms with Crippen LogP contribution in [0.5, 0.6) is 5.88 Å². The highest BCUT2D eigenvalue weighted by Gasteiger charge is 2.45. The number of carbonyl (C=O) groups is 1. The first-order valence-corrected chi connectivity index (χ1v) is 10.7. The molecule has 6 nitrogen and oxygen atoms in total. The van der Waals surface area contributed by atoms with Crippen LogP contribution in [-0.4, -0.2) is 27.5 Å². The van der Waals surface area contributed by atoms with Gasteiger partial charge in [-0.15, -0.1) is 0 Å². The predicted octanol–water partition coefficient (Wildman–Crippen LogP) is 5.06. The summed E-state index contributed by atoms with van der Waals surface area (Å²) in [6.45, 7) is 5.43. The van der Waals surface area contributed by atoms with E-state index in [1.165, 1.54) is 0 Å². The van der Waals surface area contributed by atoms with Gasteiger partial charge in [0.2, 0.25) is 5.88 Å². The smallest absolute Gasteiger partial charge is 0.341 e. The molecule has 4 rings (SSSR count). The van der Waals surface area contributed by atoms with Crippen LogP contribution in [0.2, 0.25) is 0 Å². The van der Waals surface area contributed by atoms with Crippen molar-refractivity contribution in [2.24, 2.45) is 0 Å². The van der Waals surface area contributed by atoms with E-state index in [9.17, 15) is 15.2 Å². The molecule has 0 fully saturated rings. The Kier molecular flexibility index (Phi) is 6.28. The first-order valence-electron chi connectivity index (χ1n) is 10.7. The summed E-state index contributed by atoms with van der Waals surface area (Å²) in [6.07, 6.45) is 0. The Morgan fingerprint density at radius 3 is 1.97 bits per heavy atom. The van der Waals surface area contributed by atoms with Gasteiger partial charge in [-0.2, -0.15) is 10.4 Å². The molecule has 0 spiro atoms. The van der Waals surface area contributed by atoms with E-state index in [0.29, 0.717) is 16.9 Å². The van der Waals surface area contributed by atoms with Gasteiger partial charge in [-0.05, 0) is 30.2 Å². The van der Waals surface area contributed by atoms with E-state index < -0.39 is 18.0 Å². The van der Waals surface area contributed by atoms with Crippen LogP contribution in [0.25, 0.3) is 5.69 Å².